The molecule has 2 rings (SSSR count). The van der Waals surface area contributed by atoms with Gasteiger partial charge in [0, 0.05) is 25.7 Å². The largest absolute Gasteiger partial charge is 0.396 e. The van der Waals surface area contributed by atoms with Crippen LogP contribution in [0.1, 0.15) is 19.8 Å². The molecule has 2 aliphatic heterocycles. The highest BCUT2D eigenvalue weighted by Gasteiger charge is 2.33. The Kier molecular flexibility index (Phi) is 3.42. The van der Waals surface area contributed by atoms with Crippen molar-refractivity contribution in [1.82, 2.24) is 10.2 Å². The monoisotopic (exact) mass is 198 g/mol. The highest BCUT2D eigenvalue weighted by atomic mass is 16.3. The van der Waals surface area contributed by atoms with E-state index in [9.17, 15) is 5.11 Å². The molecule has 0 unspecified atom stereocenters. The molecule has 14 heavy (non-hydrogen) atoms. The molecule has 0 amide bonds. The molecule has 2 N–H and O–H groups in total. The van der Waals surface area contributed by atoms with Crippen molar-refractivity contribution >= 4 is 0 Å². The molecule has 3 heteroatoms. The minimum absolute atomic E-state index is 0.364. The van der Waals surface area contributed by atoms with Crippen molar-refractivity contribution < 1.29 is 5.11 Å². The van der Waals surface area contributed by atoms with E-state index in [1.165, 1.54) is 32.5 Å². The van der Waals surface area contributed by atoms with Gasteiger partial charge in [-0.25, -0.2) is 0 Å². The van der Waals surface area contributed by atoms with Crippen LogP contribution in [0.25, 0.3) is 0 Å². The molecule has 0 spiro atoms. The van der Waals surface area contributed by atoms with Crippen molar-refractivity contribution in [3.05, 3.63) is 0 Å². The average Bonchev–Trinajstić information content (AvgIpc) is 2.61. The van der Waals surface area contributed by atoms with Gasteiger partial charge in [0.25, 0.3) is 0 Å². The highest BCUT2D eigenvalue weighted by molar-refractivity contribution is 4.87. The van der Waals surface area contributed by atoms with Gasteiger partial charge >= 0.3 is 0 Å². The summed E-state index contributed by atoms with van der Waals surface area (Å²) in [6, 6.07) is 0.773. The quantitative estimate of drug-likeness (QED) is 0.670. The Morgan fingerprint density at radius 2 is 2.00 bits per heavy atom. The maximum absolute atomic E-state index is 9.21. The van der Waals surface area contributed by atoms with E-state index in [2.05, 4.69) is 17.1 Å². The fourth-order valence-electron chi connectivity index (χ4n) is 2.78. The van der Waals surface area contributed by atoms with E-state index >= 15 is 0 Å². The second kappa shape index (κ2) is 4.60. The molecule has 82 valence electrons. The number of piperidine rings is 1. The van der Waals surface area contributed by atoms with Crippen LogP contribution in [-0.2, 0) is 0 Å². The summed E-state index contributed by atoms with van der Waals surface area (Å²) >= 11 is 0. The van der Waals surface area contributed by atoms with Crippen LogP contribution in [-0.4, -0.2) is 48.8 Å². The van der Waals surface area contributed by atoms with Crippen LogP contribution in [0.2, 0.25) is 0 Å². The van der Waals surface area contributed by atoms with Crippen molar-refractivity contribution in [2.75, 3.05) is 32.8 Å². The predicted molar refractivity (Wildman–Crippen MR) is 57.2 cm³/mol. The number of nitrogens with zero attached hydrogens (tertiary/aromatic N) is 1. The standard InChI is InChI=1S/C11H22N2O/c1-9-6-13(7-10(9)8-14)11-2-4-12-5-3-11/h9-12,14H,2-8H2,1H3/t9-,10-/m0/s1. The first-order valence-electron chi connectivity index (χ1n) is 5.87. The molecule has 0 saturated carbocycles. The number of aliphatic hydroxyl groups excluding tert-OH is 1. The number of rotatable bonds is 2. The first kappa shape index (κ1) is 10.4. The van der Waals surface area contributed by atoms with Gasteiger partial charge in [-0.1, -0.05) is 6.92 Å². The van der Waals surface area contributed by atoms with Gasteiger partial charge in [0.1, 0.15) is 0 Å². The smallest absolute Gasteiger partial charge is 0.0474 e. The van der Waals surface area contributed by atoms with E-state index in [-0.39, 0.29) is 0 Å². The molecular formula is C11H22N2O. The Hall–Kier alpha value is -0.120. The van der Waals surface area contributed by atoms with Gasteiger partial charge in [0.15, 0.2) is 0 Å². The molecule has 2 saturated heterocycles. The molecule has 0 bridgehead atoms. The minimum atomic E-state index is 0.364. The zero-order chi connectivity index (χ0) is 9.97. The van der Waals surface area contributed by atoms with E-state index in [4.69, 9.17) is 0 Å². The van der Waals surface area contributed by atoms with Crippen molar-refractivity contribution in [2.45, 2.75) is 25.8 Å². The predicted octanol–water partition coefficient (Wildman–Crippen LogP) is 0.299. The Morgan fingerprint density at radius 3 is 2.57 bits per heavy atom. The lowest BCUT2D eigenvalue weighted by atomic mass is 10.00. The second-order valence-corrected chi connectivity index (χ2v) is 4.86. The van der Waals surface area contributed by atoms with Crippen molar-refractivity contribution in [2.24, 2.45) is 11.8 Å². The van der Waals surface area contributed by atoms with Crippen LogP contribution >= 0.6 is 0 Å². The molecule has 2 aliphatic rings. The molecule has 0 aromatic heterocycles. The summed E-state index contributed by atoms with van der Waals surface area (Å²) in [5, 5.41) is 12.6. The van der Waals surface area contributed by atoms with Gasteiger partial charge in [-0.3, -0.25) is 4.90 Å². The Balaban J connectivity index is 1.86. The first-order chi connectivity index (χ1) is 6.81. The highest BCUT2D eigenvalue weighted by Crippen LogP contribution is 2.26. The normalized spacial score (nSPS) is 36.4. The summed E-state index contributed by atoms with van der Waals surface area (Å²) in [5.41, 5.74) is 0. The fraction of sp³-hybridized carbons (Fsp3) is 1.00. The molecular weight excluding hydrogens is 176 g/mol. The summed E-state index contributed by atoms with van der Waals surface area (Å²) in [7, 11) is 0. The lowest BCUT2D eigenvalue weighted by molar-refractivity contribution is 0.173. The molecule has 0 aliphatic carbocycles. The van der Waals surface area contributed by atoms with Crippen LogP contribution in [0.4, 0.5) is 0 Å². The molecule has 0 radical (unpaired) electrons. The maximum Gasteiger partial charge on any atom is 0.0474 e. The second-order valence-electron chi connectivity index (χ2n) is 4.86. The Bertz CT molecular complexity index is 180. The third-order valence-electron chi connectivity index (χ3n) is 3.86. The third-order valence-corrected chi connectivity index (χ3v) is 3.86. The molecule has 3 nitrogen and oxygen atoms in total. The molecule has 2 fully saturated rings. The van der Waals surface area contributed by atoms with Gasteiger partial charge in [0.05, 0.1) is 0 Å². The summed E-state index contributed by atoms with van der Waals surface area (Å²) in [6.45, 7) is 7.27. The van der Waals surface area contributed by atoms with Gasteiger partial charge < -0.3 is 10.4 Å². The van der Waals surface area contributed by atoms with Crippen LogP contribution in [0.15, 0.2) is 0 Å². The molecule has 2 heterocycles. The zero-order valence-corrected chi connectivity index (χ0v) is 9.08. The van der Waals surface area contributed by atoms with E-state index in [0.717, 1.165) is 12.6 Å². The lowest BCUT2D eigenvalue weighted by Gasteiger charge is -2.31. The van der Waals surface area contributed by atoms with Gasteiger partial charge in [-0.05, 0) is 37.8 Å². The number of hydrogen-bond donors (Lipinski definition) is 2. The summed E-state index contributed by atoms with van der Waals surface area (Å²) < 4.78 is 0. The molecule has 2 atom stereocenters. The number of likely N-dealkylation sites (tertiary alicyclic amines) is 1. The van der Waals surface area contributed by atoms with E-state index in [0.29, 0.717) is 18.4 Å². The van der Waals surface area contributed by atoms with Gasteiger partial charge in [-0.2, -0.15) is 0 Å². The lowest BCUT2D eigenvalue weighted by Crippen LogP contribution is -2.42. The topological polar surface area (TPSA) is 35.5 Å². The van der Waals surface area contributed by atoms with E-state index < -0.39 is 0 Å². The SMILES string of the molecule is C[C@H]1CN(C2CCNCC2)C[C@H]1CO. The number of aliphatic hydroxyl groups is 1. The van der Waals surface area contributed by atoms with E-state index in [1.807, 2.05) is 0 Å². The average molecular weight is 198 g/mol. The molecule has 0 aromatic rings. The number of hydrogen-bond acceptors (Lipinski definition) is 3. The van der Waals surface area contributed by atoms with E-state index in [1.54, 1.807) is 0 Å². The Morgan fingerprint density at radius 1 is 1.29 bits per heavy atom. The van der Waals surface area contributed by atoms with Gasteiger partial charge in [-0.15, -0.1) is 0 Å². The fourth-order valence-corrected chi connectivity index (χ4v) is 2.78. The van der Waals surface area contributed by atoms with Crippen molar-refractivity contribution in [3.63, 3.8) is 0 Å². The van der Waals surface area contributed by atoms with Crippen LogP contribution in [0, 0.1) is 11.8 Å². The van der Waals surface area contributed by atoms with Crippen LogP contribution < -0.4 is 5.32 Å². The van der Waals surface area contributed by atoms with Crippen molar-refractivity contribution in [3.8, 4) is 0 Å². The maximum atomic E-state index is 9.21. The summed E-state index contributed by atoms with van der Waals surface area (Å²) in [4.78, 5) is 2.59. The summed E-state index contributed by atoms with van der Waals surface area (Å²) in [5.74, 6) is 1.19. The van der Waals surface area contributed by atoms with Crippen LogP contribution in [0.3, 0.4) is 0 Å². The first-order valence-corrected chi connectivity index (χ1v) is 5.87. The Labute approximate surface area is 86.5 Å². The van der Waals surface area contributed by atoms with Gasteiger partial charge in [0.2, 0.25) is 0 Å². The van der Waals surface area contributed by atoms with Crippen molar-refractivity contribution in [1.29, 1.82) is 0 Å². The molecule has 0 aromatic carbocycles. The zero-order valence-electron chi connectivity index (χ0n) is 9.08. The van der Waals surface area contributed by atoms with Crippen LogP contribution in [0.5, 0.6) is 0 Å². The number of nitrogens with one attached hydrogen (secondary N) is 1. The summed E-state index contributed by atoms with van der Waals surface area (Å²) in [6.07, 6.45) is 2.57. The minimum Gasteiger partial charge on any atom is -0.396 e. The third kappa shape index (κ3) is 2.10.